The highest BCUT2D eigenvalue weighted by atomic mass is 79.9. The van der Waals surface area contributed by atoms with Gasteiger partial charge < -0.3 is 4.74 Å². The van der Waals surface area contributed by atoms with E-state index in [0.717, 1.165) is 0 Å². The third kappa shape index (κ3) is 4.89. The Morgan fingerprint density at radius 2 is 1.83 bits per heavy atom. The summed E-state index contributed by atoms with van der Waals surface area (Å²) in [6.07, 6.45) is 0. The summed E-state index contributed by atoms with van der Waals surface area (Å²) >= 11 is 3.15. The maximum atomic E-state index is 12.1. The van der Waals surface area contributed by atoms with Gasteiger partial charge in [-0.15, -0.1) is 0 Å². The number of nitrogens with zero attached hydrogens (tertiary/aromatic N) is 1. The lowest BCUT2D eigenvalue weighted by molar-refractivity contribution is -0.143. The average molecular weight is 409 g/mol. The van der Waals surface area contributed by atoms with Crippen molar-refractivity contribution >= 4 is 31.9 Å². The minimum Gasteiger partial charge on any atom is -0.460 e. The lowest BCUT2D eigenvalue weighted by Crippen LogP contribution is -2.30. The predicted octanol–water partition coefficient (Wildman–Crippen LogP) is 2.34. The molecule has 124 valence electrons. The Morgan fingerprint density at radius 1 is 1.17 bits per heavy atom. The van der Waals surface area contributed by atoms with Crippen LogP contribution in [0.2, 0.25) is 0 Å². The molecule has 0 fully saturated rings. The van der Waals surface area contributed by atoms with Gasteiger partial charge in [-0.1, -0.05) is 24.3 Å². The van der Waals surface area contributed by atoms with Crippen molar-refractivity contribution < 1.29 is 17.9 Å². The molecule has 0 aromatic heterocycles. The molecule has 0 bridgehead atoms. The summed E-state index contributed by atoms with van der Waals surface area (Å²) in [4.78, 5) is 11.7. The van der Waals surface area contributed by atoms with Crippen molar-refractivity contribution in [2.45, 2.75) is 11.5 Å². The van der Waals surface area contributed by atoms with E-state index in [4.69, 9.17) is 10.00 Å². The van der Waals surface area contributed by atoms with E-state index in [2.05, 4.69) is 20.7 Å². The maximum absolute atomic E-state index is 12.1. The zero-order valence-corrected chi connectivity index (χ0v) is 14.8. The summed E-state index contributed by atoms with van der Waals surface area (Å²) in [6, 6.07) is 14.8. The zero-order valence-electron chi connectivity index (χ0n) is 12.4. The molecule has 0 saturated carbocycles. The quantitative estimate of drug-likeness (QED) is 0.739. The van der Waals surface area contributed by atoms with Crippen LogP contribution in [0.3, 0.4) is 0 Å². The number of esters is 1. The number of benzene rings is 2. The molecule has 0 amide bonds. The van der Waals surface area contributed by atoms with Gasteiger partial charge in [0.1, 0.15) is 13.2 Å². The van der Waals surface area contributed by atoms with Gasteiger partial charge in [0.25, 0.3) is 0 Å². The van der Waals surface area contributed by atoms with Crippen molar-refractivity contribution in [1.82, 2.24) is 4.72 Å². The number of nitriles is 1. The topological polar surface area (TPSA) is 96.3 Å². The van der Waals surface area contributed by atoms with E-state index in [-0.39, 0.29) is 11.5 Å². The third-order valence-corrected chi connectivity index (χ3v) is 5.43. The Kier molecular flexibility index (Phi) is 6.09. The van der Waals surface area contributed by atoms with Crippen molar-refractivity contribution in [1.29, 1.82) is 5.26 Å². The van der Waals surface area contributed by atoms with Gasteiger partial charge in [-0.2, -0.15) is 9.98 Å². The summed E-state index contributed by atoms with van der Waals surface area (Å²) in [5.74, 6) is -0.699. The second-order valence-corrected chi connectivity index (χ2v) is 7.31. The minimum absolute atomic E-state index is 0.00129. The van der Waals surface area contributed by atoms with Crippen LogP contribution < -0.4 is 4.72 Å². The molecule has 2 aromatic carbocycles. The summed E-state index contributed by atoms with van der Waals surface area (Å²) in [6.45, 7) is -0.471. The van der Waals surface area contributed by atoms with E-state index in [0.29, 0.717) is 15.6 Å². The van der Waals surface area contributed by atoms with Gasteiger partial charge in [-0.05, 0) is 45.8 Å². The Morgan fingerprint density at radius 3 is 2.46 bits per heavy atom. The molecule has 2 aromatic rings. The summed E-state index contributed by atoms with van der Waals surface area (Å²) in [5, 5.41) is 8.70. The molecule has 6 nitrogen and oxygen atoms in total. The highest BCUT2D eigenvalue weighted by Gasteiger charge is 2.18. The molecule has 2 rings (SSSR count). The average Bonchev–Trinajstić information content (AvgIpc) is 2.59. The number of ether oxygens (including phenoxy) is 1. The second kappa shape index (κ2) is 8.06. The van der Waals surface area contributed by atoms with E-state index in [1.54, 1.807) is 42.5 Å². The molecule has 0 unspecified atom stereocenters. The second-order valence-electron chi connectivity index (χ2n) is 4.72. The summed E-state index contributed by atoms with van der Waals surface area (Å²) in [5.41, 5.74) is 1.21. The first-order chi connectivity index (χ1) is 11.4. The lowest BCUT2D eigenvalue weighted by atomic mass is 10.2. The highest BCUT2D eigenvalue weighted by Crippen LogP contribution is 2.20. The lowest BCUT2D eigenvalue weighted by Gasteiger charge is -2.09. The fraction of sp³-hybridized carbons (Fsp3) is 0.125. The number of carbonyl (C=O) groups excluding carboxylic acids is 1. The van der Waals surface area contributed by atoms with E-state index < -0.39 is 22.5 Å². The third-order valence-electron chi connectivity index (χ3n) is 3.02. The molecule has 0 aliphatic rings. The van der Waals surface area contributed by atoms with Crippen LogP contribution in [0.5, 0.6) is 0 Å². The van der Waals surface area contributed by atoms with Crippen LogP contribution in [0.15, 0.2) is 57.9 Å². The number of halogens is 1. The number of carbonyl (C=O) groups is 1. The van der Waals surface area contributed by atoms with Crippen LogP contribution in [0.1, 0.15) is 11.1 Å². The van der Waals surface area contributed by atoms with Gasteiger partial charge in [0.15, 0.2) is 0 Å². The molecule has 1 N–H and O–H groups in total. The van der Waals surface area contributed by atoms with Crippen LogP contribution in [-0.4, -0.2) is 20.9 Å². The molecule has 0 aliphatic carbocycles. The van der Waals surface area contributed by atoms with Crippen molar-refractivity contribution in [2.75, 3.05) is 6.54 Å². The van der Waals surface area contributed by atoms with Gasteiger partial charge >= 0.3 is 5.97 Å². The van der Waals surface area contributed by atoms with Gasteiger partial charge in [-0.3, -0.25) is 4.79 Å². The summed E-state index contributed by atoms with van der Waals surface area (Å²) in [7, 11) is -3.81. The van der Waals surface area contributed by atoms with Crippen LogP contribution in [0.4, 0.5) is 0 Å². The molecule has 0 spiro atoms. The number of sulfonamides is 1. The smallest absolute Gasteiger partial charge is 0.321 e. The standard InChI is InChI=1S/C16H13BrN2O4S/c17-14-3-1-2-4-15(14)24(21,22)19-10-16(20)23-11-13-7-5-12(9-18)6-8-13/h1-8,19H,10-11H2. The Balaban J connectivity index is 1.88. The number of hydrogen-bond acceptors (Lipinski definition) is 5. The molecular formula is C16H13BrN2O4S. The Bertz CT molecular complexity index is 874. The molecule has 24 heavy (non-hydrogen) atoms. The van der Waals surface area contributed by atoms with E-state index >= 15 is 0 Å². The molecule has 0 saturated heterocycles. The molecular weight excluding hydrogens is 396 g/mol. The summed E-state index contributed by atoms with van der Waals surface area (Å²) < 4.78 is 31.8. The van der Waals surface area contributed by atoms with E-state index in [9.17, 15) is 13.2 Å². The number of hydrogen-bond donors (Lipinski definition) is 1. The van der Waals surface area contributed by atoms with Gasteiger partial charge in [0.05, 0.1) is 16.5 Å². The predicted molar refractivity (Wildman–Crippen MR) is 90.3 cm³/mol. The first-order valence-electron chi connectivity index (χ1n) is 6.81. The minimum atomic E-state index is -3.81. The fourth-order valence-electron chi connectivity index (χ4n) is 1.78. The van der Waals surface area contributed by atoms with Crippen molar-refractivity contribution in [2.24, 2.45) is 0 Å². The molecule has 0 heterocycles. The van der Waals surface area contributed by atoms with E-state index in [1.165, 1.54) is 6.07 Å². The first-order valence-corrected chi connectivity index (χ1v) is 9.09. The Labute approximate surface area is 148 Å². The molecule has 0 radical (unpaired) electrons. The van der Waals surface area contributed by atoms with E-state index in [1.807, 2.05) is 6.07 Å². The van der Waals surface area contributed by atoms with Crippen molar-refractivity contribution in [3.05, 3.63) is 64.1 Å². The largest absolute Gasteiger partial charge is 0.460 e. The van der Waals surface area contributed by atoms with Crippen LogP contribution in [-0.2, 0) is 26.2 Å². The number of nitrogens with one attached hydrogen (secondary N) is 1. The number of rotatable bonds is 6. The Hall–Kier alpha value is -2.21. The van der Waals surface area contributed by atoms with Crippen LogP contribution >= 0.6 is 15.9 Å². The SMILES string of the molecule is N#Cc1ccc(COC(=O)CNS(=O)(=O)c2ccccc2Br)cc1. The van der Waals surface area contributed by atoms with Gasteiger partial charge in [-0.25, -0.2) is 8.42 Å². The van der Waals surface area contributed by atoms with Gasteiger partial charge in [0, 0.05) is 4.47 Å². The monoisotopic (exact) mass is 408 g/mol. The molecule has 0 atom stereocenters. The van der Waals surface area contributed by atoms with Gasteiger partial charge in [0.2, 0.25) is 10.0 Å². The van der Waals surface area contributed by atoms with Crippen molar-refractivity contribution in [3.8, 4) is 6.07 Å². The van der Waals surface area contributed by atoms with Crippen molar-refractivity contribution in [3.63, 3.8) is 0 Å². The first kappa shape index (κ1) is 18.1. The normalized spacial score (nSPS) is 10.8. The molecule has 0 aliphatic heterocycles. The highest BCUT2D eigenvalue weighted by molar-refractivity contribution is 9.10. The zero-order chi connectivity index (χ0) is 17.6. The maximum Gasteiger partial charge on any atom is 0.321 e. The van der Waals surface area contributed by atoms with Crippen LogP contribution in [0, 0.1) is 11.3 Å². The molecule has 8 heteroatoms. The fourth-order valence-corrected chi connectivity index (χ4v) is 3.75. The van der Waals surface area contributed by atoms with Crippen LogP contribution in [0.25, 0.3) is 0 Å².